The zero-order valence-electron chi connectivity index (χ0n) is 20.0. The molecule has 3 N–H and O–H groups in total. The van der Waals surface area contributed by atoms with E-state index in [9.17, 15) is 14.3 Å². The van der Waals surface area contributed by atoms with Gasteiger partial charge in [-0.25, -0.2) is 18.9 Å². The molecule has 0 unspecified atom stereocenters. The van der Waals surface area contributed by atoms with E-state index in [1.165, 1.54) is 26.2 Å². The second-order valence-electron chi connectivity index (χ2n) is 8.72. The van der Waals surface area contributed by atoms with Gasteiger partial charge in [0.1, 0.15) is 18.1 Å². The molecule has 0 aromatic carbocycles. The SMILES string of the molecule is CCc1ncc(Nc2cc(-c3ccc4cc(C#N)cnn34)ncc2C(=O)NC[C@@H](F)C(C)(C)O)cn1. The zero-order chi connectivity index (χ0) is 25.9. The summed E-state index contributed by atoms with van der Waals surface area (Å²) in [4.78, 5) is 25.9. The van der Waals surface area contributed by atoms with E-state index < -0.39 is 17.7 Å². The van der Waals surface area contributed by atoms with Gasteiger partial charge in [-0.3, -0.25) is 9.78 Å². The van der Waals surface area contributed by atoms with E-state index in [1.807, 2.05) is 19.1 Å². The van der Waals surface area contributed by atoms with E-state index >= 15 is 0 Å². The molecule has 184 valence electrons. The van der Waals surface area contributed by atoms with E-state index in [0.717, 1.165) is 0 Å². The number of nitrogens with zero attached hydrogens (tertiary/aromatic N) is 6. The second kappa shape index (κ2) is 10.1. The van der Waals surface area contributed by atoms with Gasteiger partial charge in [0, 0.05) is 12.6 Å². The summed E-state index contributed by atoms with van der Waals surface area (Å²) < 4.78 is 15.9. The Labute approximate surface area is 206 Å². The molecule has 10 nitrogen and oxygen atoms in total. The molecule has 0 saturated carbocycles. The van der Waals surface area contributed by atoms with Crippen LogP contribution in [0.2, 0.25) is 0 Å². The van der Waals surface area contributed by atoms with Gasteiger partial charge >= 0.3 is 0 Å². The van der Waals surface area contributed by atoms with Crippen LogP contribution in [0.3, 0.4) is 0 Å². The predicted octanol–water partition coefficient (Wildman–Crippen LogP) is 3.20. The number of aryl methyl sites for hydroxylation is 1. The number of nitriles is 1. The quantitative estimate of drug-likeness (QED) is 0.343. The van der Waals surface area contributed by atoms with Crippen molar-refractivity contribution in [2.45, 2.75) is 39.0 Å². The van der Waals surface area contributed by atoms with Crippen molar-refractivity contribution < 1.29 is 14.3 Å². The Balaban J connectivity index is 1.70. The molecule has 0 spiro atoms. The Bertz CT molecular complexity index is 1440. The highest BCUT2D eigenvalue weighted by Gasteiger charge is 2.27. The molecular formula is C25H25FN8O2. The van der Waals surface area contributed by atoms with Gasteiger partial charge in [-0.05, 0) is 38.1 Å². The third-order valence-corrected chi connectivity index (χ3v) is 5.55. The third-order valence-electron chi connectivity index (χ3n) is 5.55. The van der Waals surface area contributed by atoms with Crippen LogP contribution in [-0.4, -0.2) is 53.9 Å². The second-order valence-corrected chi connectivity index (χ2v) is 8.72. The first kappa shape index (κ1) is 24.7. The molecule has 0 bridgehead atoms. The van der Waals surface area contributed by atoms with Crippen LogP contribution in [0, 0.1) is 11.3 Å². The zero-order valence-corrected chi connectivity index (χ0v) is 20.0. The molecule has 0 fully saturated rings. The molecule has 4 aromatic heterocycles. The molecule has 0 radical (unpaired) electrons. The average molecular weight is 489 g/mol. The average Bonchev–Trinajstić information content (AvgIpc) is 3.30. The van der Waals surface area contributed by atoms with Crippen molar-refractivity contribution >= 4 is 22.8 Å². The van der Waals surface area contributed by atoms with Crippen LogP contribution in [0.25, 0.3) is 16.9 Å². The number of fused-ring (bicyclic) bond motifs is 1. The van der Waals surface area contributed by atoms with Gasteiger partial charge in [0.25, 0.3) is 5.91 Å². The lowest BCUT2D eigenvalue weighted by atomic mass is 10.0. The number of halogens is 1. The maximum atomic E-state index is 14.2. The van der Waals surface area contributed by atoms with Crippen LogP contribution in [0.5, 0.6) is 0 Å². The molecule has 0 aliphatic carbocycles. The third kappa shape index (κ3) is 5.29. The summed E-state index contributed by atoms with van der Waals surface area (Å²) in [5.74, 6) is 0.114. The van der Waals surface area contributed by atoms with Crippen LogP contribution in [0.15, 0.2) is 49.1 Å². The number of rotatable bonds is 8. The Kier molecular flexibility index (Phi) is 6.89. The van der Waals surface area contributed by atoms with Crippen molar-refractivity contribution in [2.75, 3.05) is 11.9 Å². The lowest BCUT2D eigenvalue weighted by Gasteiger charge is -2.22. The smallest absolute Gasteiger partial charge is 0.255 e. The first-order chi connectivity index (χ1) is 17.2. The molecular weight excluding hydrogens is 463 g/mol. The van der Waals surface area contributed by atoms with Gasteiger partial charge in [0.2, 0.25) is 0 Å². The summed E-state index contributed by atoms with van der Waals surface area (Å²) in [6.07, 6.45) is 5.08. The number of alkyl halides is 1. The van der Waals surface area contributed by atoms with Gasteiger partial charge in [-0.15, -0.1) is 0 Å². The topological polar surface area (TPSA) is 141 Å². The van der Waals surface area contributed by atoms with E-state index in [0.29, 0.717) is 46.1 Å². The number of amides is 1. The Morgan fingerprint density at radius 2 is 1.94 bits per heavy atom. The van der Waals surface area contributed by atoms with Crippen LogP contribution in [-0.2, 0) is 6.42 Å². The Morgan fingerprint density at radius 3 is 2.61 bits per heavy atom. The molecule has 1 amide bonds. The fourth-order valence-corrected chi connectivity index (χ4v) is 3.42. The summed E-state index contributed by atoms with van der Waals surface area (Å²) in [5.41, 5.74) is 1.83. The predicted molar refractivity (Wildman–Crippen MR) is 131 cm³/mol. The molecule has 0 aliphatic heterocycles. The Morgan fingerprint density at radius 1 is 1.19 bits per heavy atom. The first-order valence-corrected chi connectivity index (χ1v) is 11.3. The van der Waals surface area contributed by atoms with Gasteiger partial charge in [-0.2, -0.15) is 10.4 Å². The number of anilines is 2. The van der Waals surface area contributed by atoms with Crippen molar-refractivity contribution in [2.24, 2.45) is 0 Å². The molecule has 4 rings (SSSR count). The fourth-order valence-electron chi connectivity index (χ4n) is 3.42. The summed E-state index contributed by atoms with van der Waals surface area (Å²) in [7, 11) is 0. The van der Waals surface area contributed by atoms with Crippen LogP contribution in [0.1, 0.15) is 42.5 Å². The van der Waals surface area contributed by atoms with E-state index in [2.05, 4.69) is 36.8 Å². The Hall–Kier alpha value is -4.43. The normalized spacial score (nSPS) is 12.2. The van der Waals surface area contributed by atoms with E-state index in [1.54, 1.807) is 29.0 Å². The highest BCUT2D eigenvalue weighted by Crippen LogP contribution is 2.27. The van der Waals surface area contributed by atoms with Crippen LogP contribution >= 0.6 is 0 Å². The first-order valence-electron chi connectivity index (χ1n) is 11.3. The van der Waals surface area contributed by atoms with Gasteiger partial charge in [0.05, 0.1) is 70.1 Å². The molecule has 1 atom stereocenters. The lowest BCUT2D eigenvalue weighted by Crippen LogP contribution is -2.42. The summed E-state index contributed by atoms with van der Waals surface area (Å²) in [5, 5.41) is 28.9. The maximum absolute atomic E-state index is 14.2. The minimum Gasteiger partial charge on any atom is -0.387 e. The largest absolute Gasteiger partial charge is 0.387 e. The van der Waals surface area contributed by atoms with Crippen molar-refractivity contribution in [3.8, 4) is 17.5 Å². The standard InChI is InChI=1S/C25H25FN8O2/c1-4-23-29-11-16(12-30-23)33-19-8-20(21-6-5-17-7-15(9-27)10-32-34(17)21)28-13-18(19)24(35)31-14-22(26)25(2,3)36/h5-8,10-13,22,36H,4,14H2,1-3H3,(H,28,33)(H,31,35)/t22-/m1/s1. The highest BCUT2D eigenvalue weighted by atomic mass is 19.1. The summed E-state index contributed by atoms with van der Waals surface area (Å²) in [6.45, 7) is 4.25. The molecule has 11 heteroatoms. The van der Waals surface area contributed by atoms with Crippen molar-refractivity contribution in [3.63, 3.8) is 0 Å². The minimum atomic E-state index is -1.66. The van der Waals surface area contributed by atoms with Gasteiger partial charge in [-0.1, -0.05) is 6.92 Å². The van der Waals surface area contributed by atoms with Crippen LogP contribution in [0.4, 0.5) is 15.8 Å². The highest BCUT2D eigenvalue weighted by molar-refractivity contribution is 6.00. The van der Waals surface area contributed by atoms with E-state index in [-0.39, 0.29) is 12.1 Å². The molecule has 4 heterocycles. The van der Waals surface area contributed by atoms with Gasteiger partial charge < -0.3 is 15.7 Å². The van der Waals surface area contributed by atoms with Gasteiger partial charge in [0.15, 0.2) is 0 Å². The molecule has 36 heavy (non-hydrogen) atoms. The fraction of sp³-hybridized carbons (Fsp3) is 0.280. The maximum Gasteiger partial charge on any atom is 0.255 e. The van der Waals surface area contributed by atoms with Crippen LogP contribution < -0.4 is 10.6 Å². The van der Waals surface area contributed by atoms with E-state index in [4.69, 9.17) is 5.26 Å². The lowest BCUT2D eigenvalue weighted by molar-refractivity contribution is -0.00177. The number of pyridine rings is 1. The number of hydrogen-bond acceptors (Lipinski definition) is 8. The summed E-state index contributed by atoms with van der Waals surface area (Å²) >= 11 is 0. The number of carbonyl (C=O) groups is 1. The van der Waals surface area contributed by atoms with Crippen molar-refractivity contribution in [3.05, 3.63) is 66.0 Å². The minimum absolute atomic E-state index is 0.168. The number of hydrogen-bond donors (Lipinski definition) is 3. The number of nitrogens with one attached hydrogen (secondary N) is 2. The number of carbonyl (C=O) groups excluding carboxylic acids is 1. The number of aromatic nitrogens is 5. The number of aliphatic hydroxyl groups is 1. The summed E-state index contributed by atoms with van der Waals surface area (Å²) in [6, 6.07) is 9.07. The molecule has 4 aromatic rings. The molecule has 0 aliphatic rings. The molecule has 0 saturated heterocycles. The monoisotopic (exact) mass is 488 g/mol. The van der Waals surface area contributed by atoms with Crippen molar-refractivity contribution in [1.82, 2.24) is 29.9 Å². The van der Waals surface area contributed by atoms with Crippen molar-refractivity contribution in [1.29, 1.82) is 5.26 Å².